The smallest absolute Gasteiger partial charge is 0.223 e. The third-order valence-electron chi connectivity index (χ3n) is 7.02. The zero-order valence-corrected chi connectivity index (χ0v) is 19.0. The van der Waals surface area contributed by atoms with Crippen LogP contribution in [0.2, 0.25) is 0 Å². The number of pyridine rings is 2. The largest absolute Gasteiger partial charge is 0.378 e. The number of rotatable bonds is 5. The first kappa shape index (κ1) is 19.7. The molecule has 2 aliphatic carbocycles. The summed E-state index contributed by atoms with van der Waals surface area (Å²) in [7, 11) is 0. The number of allylic oxidation sites excluding steroid dienone is 1. The highest BCUT2D eigenvalue weighted by Gasteiger charge is 2.47. The van der Waals surface area contributed by atoms with E-state index in [1.807, 2.05) is 18.3 Å². The summed E-state index contributed by atoms with van der Waals surface area (Å²) in [6.45, 7) is 2.01. The summed E-state index contributed by atoms with van der Waals surface area (Å²) < 4.78 is 0.820. The topological polar surface area (TPSA) is 113 Å². The van der Waals surface area contributed by atoms with Crippen LogP contribution in [0.4, 0.5) is 11.5 Å². The molecule has 0 radical (unpaired) electrons. The molecule has 1 saturated heterocycles. The van der Waals surface area contributed by atoms with Gasteiger partial charge < -0.3 is 20.9 Å². The van der Waals surface area contributed by atoms with E-state index in [0.717, 1.165) is 52.4 Å². The highest BCUT2D eigenvalue weighted by atomic mass is 79.9. The van der Waals surface area contributed by atoms with Gasteiger partial charge in [0.15, 0.2) is 5.65 Å². The second-order valence-electron chi connectivity index (χ2n) is 8.88. The molecule has 6 rings (SSSR count). The van der Waals surface area contributed by atoms with E-state index >= 15 is 0 Å². The third-order valence-corrected chi connectivity index (χ3v) is 7.62. The number of halogens is 1. The summed E-state index contributed by atoms with van der Waals surface area (Å²) in [4.78, 5) is 31.9. The summed E-state index contributed by atoms with van der Waals surface area (Å²) in [6, 6.07) is 3.93. The average Bonchev–Trinajstić information content (AvgIpc) is 3.58. The molecule has 4 heterocycles. The SMILES string of the molecule is NC(=O)[C@@H]1[C@H](Nc2c(Br)cnc3nc(-c4cccnc4N4CCCC4)[nH]c23)[C@@H]2C=C[C@@H]1C2. The van der Waals surface area contributed by atoms with Gasteiger partial charge in [-0.05, 0) is 59.2 Å². The van der Waals surface area contributed by atoms with Gasteiger partial charge in [-0.2, -0.15) is 0 Å². The molecule has 164 valence electrons. The second-order valence-corrected chi connectivity index (χ2v) is 9.73. The number of aromatic nitrogens is 4. The van der Waals surface area contributed by atoms with Crippen LogP contribution in [0, 0.1) is 17.8 Å². The van der Waals surface area contributed by atoms with E-state index in [4.69, 9.17) is 10.7 Å². The number of nitrogens with two attached hydrogens (primary N) is 1. The average molecular weight is 494 g/mol. The number of primary amides is 1. The molecule has 4 atom stereocenters. The minimum atomic E-state index is -0.253. The maximum absolute atomic E-state index is 12.2. The van der Waals surface area contributed by atoms with Crippen LogP contribution in [0.1, 0.15) is 19.3 Å². The van der Waals surface area contributed by atoms with Crippen molar-refractivity contribution in [2.75, 3.05) is 23.3 Å². The molecular formula is C23H24BrN7O. The Morgan fingerprint density at radius 3 is 2.84 bits per heavy atom. The first-order valence-electron chi connectivity index (χ1n) is 11.1. The normalized spacial score (nSPS) is 26.3. The van der Waals surface area contributed by atoms with Gasteiger partial charge in [0, 0.05) is 31.5 Å². The predicted molar refractivity (Wildman–Crippen MR) is 127 cm³/mol. The number of nitrogens with one attached hydrogen (secondary N) is 2. The van der Waals surface area contributed by atoms with Crippen LogP contribution < -0.4 is 16.0 Å². The van der Waals surface area contributed by atoms with Gasteiger partial charge >= 0.3 is 0 Å². The number of carbonyl (C=O) groups excluding carboxylic acids is 1. The van der Waals surface area contributed by atoms with Crippen molar-refractivity contribution in [2.45, 2.75) is 25.3 Å². The zero-order chi connectivity index (χ0) is 21.8. The molecular weight excluding hydrogens is 470 g/mol. The number of nitrogens with zero attached hydrogens (tertiary/aromatic N) is 4. The van der Waals surface area contributed by atoms with E-state index < -0.39 is 0 Å². The fourth-order valence-electron chi connectivity index (χ4n) is 5.54. The van der Waals surface area contributed by atoms with E-state index in [1.54, 1.807) is 6.20 Å². The molecule has 3 aromatic heterocycles. The molecule has 2 bridgehead atoms. The lowest BCUT2D eigenvalue weighted by atomic mass is 9.88. The van der Waals surface area contributed by atoms with Gasteiger partial charge in [0.2, 0.25) is 5.91 Å². The third kappa shape index (κ3) is 3.09. The van der Waals surface area contributed by atoms with Crippen LogP contribution in [-0.4, -0.2) is 45.0 Å². The Bertz CT molecular complexity index is 1230. The molecule has 9 heteroatoms. The van der Waals surface area contributed by atoms with E-state index in [-0.39, 0.29) is 29.7 Å². The van der Waals surface area contributed by atoms with Crippen LogP contribution in [0.15, 0.2) is 41.2 Å². The van der Waals surface area contributed by atoms with E-state index in [1.165, 1.54) is 12.8 Å². The Kier molecular flexibility index (Phi) is 4.67. The van der Waals surface area contributed by atoms with Crippen LogP contribution in [0.5, 0.6) is 0 Å². The monoisotopic (exact) mass is 493 g/mol. The summed E-state index contributed by atoms with van der Waals surface area (Å²) in [5, 5.41) is 3.61. The lowest BCUT2D eigenvalue weighted by molar-refractivity contribution is -0.122. The summed E-state index contributed by atoms with van der Waals surface area (Å²) in [5.41, 5.74) is 9.02. The highest BCUT2D eigenvalue weighted by Crippen LogP contribution is 2.46. The molecule has 1 saturated carbocycles. The van der Waals surface area contributed by atoms with Crippen molar-refractivity contribution >= 4 is 44.5 Å². The molecule has 32 heavy (non-hydrogen) atoms. The number of hydrogen-bond donors (Lipinski definition) is 3. The van der Waals surface area contributed by atoms with Crippen molar-refractivity contribution in [3.8, 4) is 11.4 Å². The van der Waals surface area contributed by atoms with Gasteiger partial charge in [0.1, 0.15) is 17.2 Å². The fourth-order valence-corrected chi connectivity index (χ4v) is 5.95. The number of amides is 1. The van der Waals surface area contributed by atoms with Gasteiger partial charge in [-0.15, -0.1) is 0 Å². The quantitative estimate of drug-likeness (QED) is 0.469. The lowest BCUT2D eigenvalue weighted by Gasteiger charge is -2.28. The van der Waals surface area contributed by atoms with Crippen LogP contribution in [0.25, 0.3) is 22.6 Å². The summed E-state index contributed by atoms with van der Waals surface area (Å²) >= 11 is 3.64. The number of hydrogen-bond acceptors (Lipinski definition) is 6. The Balaban J connectivity index is 1.41. The second kappa shape index (κ2) is 7.58. The minimum absolute atomic E-state index is 0.0466. The zero-order valence-electron chi connectivity index (χ0n) is 17.5. The number of anilines is 2. The van der Waals surface area contributed by atoms with Gasteiger partial charge in [-0.25, -0.2) is 15.0 Å². The Morgan fingerprint density at radius 2 is 2.03 bits per heavy atom. The Morgan fingerprint density at radius 1 is 1.22 bits per heavy atom. The van der Waals surface area contributed by atoms with Gasteiger partial charge in [0.05, 0.1) is 21.6 Å². The molecule has 0 unspecified atom stereocenters. The molecule has 3 aromatic rings. The molecule has 4 N–H and O–H groups in total. The van der Waals surface area contributed by atoms with Crippen molar-refractivity contribution in [1.29, 1.82) is 0 Å². The van der Waals surface area contributed by atoms with Crippen LogP contribution in [0.3, 0.4) is 0 Å². The first-order chi connectivity index (χ1) is 15.6. The summed E-state index contributed by atoms with van der Waals surface area (Å²) in [6.07, 6.45) is 11.2. The molecule has 8 nitrogen and oxygen atoms in total. The van der Waals surface area contributed by atoms with Gasteiger partial charge in [-0.3, -0.25) is 4.79 Å². The molecule has 2 fully saturated rings. The standard InChI is InChI=1S/C23H24BrN7O/c24-15-11-27-22-19(18(15)28-17-13-6-5-12(10-13)16(17)20(25)32)29-21(30-22)14-4-3-7-26-23(14)31-8-1-2-9-31/h3-7,11-13,16-17H,1-2,8-10H2,(H2,25,32)(H2,27,28,29,30)/t12-,13-,16+,17-/m1/s1. The van der Waals surface area contributed by atoms with Crippen molar-refractivity contribution in [3.05, 3.63) is 41.2 Å². The predicted octanol–water partition coefficient (Wildman–Crippen LogP) is 3.47. The number of fused-ring (bicyclic) bond motifs is 3. The highest BCUT2D eigenvalue weighted by molar-refractivity contribution is 9.10. The fraction of sp³-hybridized carbons (Fsp3) is 0.391. The van der Waals surface area contributed by atoms with E-state index in [2.05, 4.69) is 53.3 Å². The Hall–Kier alpha value is -2.94. The Labute approximate surface area is 193 Å². The molecule has 1 aliphatic heterocycles. The number of aromatic amines is 1. The summed E-state index contributed by atoms with van der Waals surface area (Å²) in [5.74, 6) is 1.71. The van der Waals surface area contributed by atoms with Crippen LogP contribution >= 0.6 is 15.9 Å². The van der Waals surface area contributed by atoms with E-state index in [0.29, 0.717) is 5.65 Å². The molecule has 3 aliphatic rings. The molecule has 1 amide bonds. The van der Waals surface area contributed by atoms with E-state index in [9.17, 15) is 4.79 Å². The van der Waals surface area contributed by atoms with Crippen molar-refractivity contribution in [3.63, 3.8) is 0 Å². The van der Waals surface area contributed by atoms with Gasteiger partial charge in [-0.1, -0.05) is 12.2 Å². The maximum atomic E-state index is 12.2. The van der Waals surface area contributed by atoms with Crippen molar-refractivity contribution < 1.29 is 4.79 Å². The minimum Gasteiger partial charge on any atom is -0.378 e. The van der Waals surface area contributed by atoms with Crippen LogP contribution in [-0.2, 0) is 4.79 Å². The number of H-pyrrole nitrogens is 1. The molecule has 0 spiro atoms. The van der Waals surface area contributed by atoms with Crippen molar-refractivity contribution in [1.82, 2.24) is 19.9 Å². The van der Waals surface area contributed by atoms with Crippen molar-refractivity contribution in [2.24, 2.45) is 23.5 Å². The molecule has 0 aromatic carbocycles. The number of imidazole rings is 1. The van der Waals surface area contributed by atoms with Gasteiger partial charge in [0.25, 0.3) is 0 Å². The first-order valence-corrected chi connectivity index (χ1v) is 11.9. The maximum Gasteiger partial charge on any atom is 0.223 e. The lowest BCUT2D eigenvalue weighted by Crippen LogP contribution is -2.41. The number of carbonyl (C=O) groups is 1.